The first-order valence-electron chi connectivity index (χ1n) is 13.3. The predicted molar refractivity (Wildman–Crippen MR) is 143 cm³/mol. The van der Waals surface area contributed by atoms with E-state index in [0.717, 1.165) is 48.5 Å². The second kappa shape index (κ2) is 12.4. The Hall–Kier alpha value is -3.81. The monoisotopic (exact) mass is 536 g/mol. The van der Waals surface area contributed by atoms with E-state index >= 15 is 0 Å². The van der Waals surface area contributed by atoms with Gasteiger partial charge in [0, 0.05) is 30.4 Å². The Morgan fingerprint density at radius 1 is 1.21 bits per heavy atom. The molecule has 4 rings (SSSR count). The van der Waals surface area contributed by atoms with Gasteiger partial charge < -0.3 is 21.3 Å². The van der Waals surface area contributed by atoms with E-state index in [9.17, 15) is 23.6 Å². The number of nitriles is 1. The van der Waals surface area contributed by atoms with E-state index in [1.807, 2.05) is 37.3 Å². The average molecular weight is 537 g/mol. The van der Waals surface area contributed by atoms with Crippen molar-refractivity contribution in [3.05, 3.63) is 82.6 Å². The molecule has 0 radical (unpaired) electrons. The molecule has 2 aromatic rings. The average Bonchev–Trinajstić information content (AvgIpc) is 2.95. The number of carbonyl (C=O) groups excluding carboxylic acids is 2. The third-order valence-corrected chi connectivity index (χ3v) is 7.68. The maximum atomic E-state index is 14.8. The Bertz CT molecular complexity index is 1270. The molecule has 10 heteroatoms. The molecule has 0 bridgehead atoms. The highest BCUT2D eigenvalue weighted by atomic mass is 19.1. The zero-order valence-electron chi connectivity index (χ0n) is 22.1. The van der Waals surface area contributed by atoms with Gasteiger partial charge in [-0.2, -0.15) is 5.26 Å². The lowest BCUT2D eigenvalue weighted by Crippen LogP contribution is -2.54. The summed E-state index contributed by atoms with van der Waals surface area (Å²) in [5, 5.41) is 15.4. The molecule has 1 atom stereocenters. The fourth-order valence-electron chi connectivity index (χ4n) is 5.48. The molecule has 8 nitrogen and oxygen atoms in total. The molecular formula is C29H34F2N6O2. The van der Waals surface area contributed by atoms with Crippen LogP contribution in [0.5, 0.6) is 0 Å². The summed E-state index contributed by atoms with van der Waals surface area (Å²) in [5.41, 5.74) is 7.54. The Balaban J connectivity index is 1.38. The summed E-state index contributed by atoms with van der Waals surface area (Å²) >= 11 is 0. The van der Waals surface area contributed by atoms with E-state index in [0.29, 0.717) is 37.2 Å². The number of nitrogens with zero attached hydrogens (tertiary/aromatic N) is 3. The molecule has 0 aromatic heterocycles. The first-order valence-corrected chi connectivity index (χ1v) is 13.3. The lowest BCUT2D eigenvalue weighted by atomic mass is 9.74. The Kier molecular flexibility index (Phi) is 8.94. The van der Waals surface area contributed by atoms with Crippen LogP contribution in [0.1, 0.15) is 49.8 Å². The molecule has 2 aromatic carbocycles. The largest absolute Gasteiger partial charge is 0.337 e. The van der Waals surface area contributed by atoms with Crippen LogP contribution in [-0.2, 0) is 5.41 Å². The summed E-state index contributed by atoms with van der Waals surface area (Å²) in [5.74, 6) is -1.61. The van der Waals surface area contributed by atoms with Gasteiger partial charge in [0.1, 0.15) is 11.6 Å². The van der Waals surface area contributed by atoms with E-state index < -0.39 is 35.2 Å². The van der Waals surface area contributed by atoms with Crippen LogP contribution in [0.3, 0.4) is 0 Å². The van der Waals surface area contributed by atoms with Gasteiger partial charge in [0.15, 0.2) is 0 Å². The normalized spacial score (nSPS) is 19.4. The van der Waals surface area contributed by atoms with Gasteiger partial charge in [-0.3, -0.25) is 0 Å². The summed E-state index contributed by atoms with van der Waals surface area (Å²) < 4.78 is 28.4. The summed E-state index contributed by atoms with van der Waals surface area (Å²) in [6, 6.07) is 13.0. The van der Waals surface area contributed by atoms with Gasteiger partial charge in [-0.1, -0.05) is 43.3 Å². The number of benzene rings is 2. The second-order valence-corrected chi connectivity index (χ2v) is 9.92. The number of allylic oxidation sites excluding steroid dienone is 1. The topological polar surface area (TPSA) is 114 Å². The number of urea groups is 2. The van der Waals surface area contributed by atoms with Crippen LogP contribution in [0.25, 0.3) is 0 Å². The van der Waals surface area contributed by atoms with Crippen molar-refractivity contribution in [1.29, 1.82) is 5.26 Å². The third kappa shape index (κ3) is 5.95. The molecule has 1 fully saturated rings. The van der Waals surface area contributed by atoms with Gasteiger partial charge >= 0.3 is 12.1 Å². The maximum absolute atomic E-state index is 14.8. The number of hydrogen-bond acceptors (Lipinski definition) is 5. The summed E-state index contributed by atoms with van der Waals surface area (Å²) in [6.45, 7) is 4.34. The van der Waals surface area contributed by atoms with Gasteiger partial charge in [0.05, 0.1) is 17.5 Å². The second-order valence-electron chi connectivity index (χ2n) is 9.92. The highest BCUT2D eigenvalue weighted by Gasteiger charge is 2.40. The number of rotatable bonds is 8. The van der Waals surface area contributed by atoms with Crippen LogP contribution < -0.4 is 16.4 Å². The number of likely N-dealkylation sites (tertiary alicyclic amines) is 1. The highest BCUT2D eigenvalue weighted by Crippen LogP contribution is 2.36. The van der Waals surface area contributed by atoms with Crippen LogP contribution >= 0.6 is 0 Å². The van der Waals surface area contributed by atoms with E-state index in [4.69, 9.17) is 5.73 Å². The van der Waals surface area contributed by atoms with Gasteiger partial charge in [-0.05, 0) is 62.5 Å². The number of piperidine rings is 1. The van der Waals surface area contributed by atoms with Gasteiger partial charge in [0.25, 0.3) is 0 Å². The number of halogens is 2. The van der Waals surface area contributed by atoms with Crippen LogP contribution in [0.2, 0.25) is 0 Å². The van der Waals surface area contributed by atoms with E-state index in [1.165, 1.54) is 6.07 Å². The molecule has 2 aliphatic heterocycles. The van der Waals surface area contributed by atoms with Gasteiger partial charge in [0.2, 0.25) is 0 Å². The van der Waals surface area contributed by atoms with Crippen molar-refractivity contribution < 1.29 is 18.4 Å². The standard InChI is InChI=1S/C29H34F2N6O2/c1-2-25-23(18-32)26(22-10-9-21(30)17-24(22)31)37(28(39)35-25)27(38)34-13-6-14-36-15-11-29(19-33,12-16-36)20-7-4-3-5-8-20/h3-5,7-10,17,26H,2,6,11-16,18,32H2,1H3,(H,34,38)(H,35,39). The molecule has 0 aliphatic carbocycles. The molecule has 4 amide bonds. The Labute approximate surface area is 227 Å². The molecule has 206 valence electrons. The predicted octanol–water partition coefficient (Wildman–Crippen LogP) is 4.31. The van der Waals surface area contributed by atoms with Crippen molar-refractivity contribution in [2.24, 2.45) is 5.73 Å². The SMILES string of the molecule is CCC1=C(CN)C(c2ccc(F)cc2F)N(C(=O)NCCCN2CCC(C#N)(c3ccccc3)CC2)C(=O)N1. The lowest BCUT2D eigenvalue weighted by Gasteiger charge is -2.38. The van der Waals surface area contributed by atoms with Crippen LogP contribution in [-0.4, -0.2) is 54.6 Å². The number of nitrogens with two attached hydrogens (primary N) is 1. The number of carbonyl (C=O) groups is 2. The number of amides is 4. The van der Waals surface area contributed by atoms with Crippen molar-refractivity contribution in [2.45, 2.75) is 44.1 Å². The molecule has 1 unspecified atom stereocenters. The van der Waals surface area contributed by atoms with Crippen molar-refractivity contribution >= 4 is 12.1 Å². The molecule has 1 saturated heterocycles. The van der Waals surface area contributed by atoms with E-state index in [2.05, 4.69) is 21.6 Å². The zero-order valence-corrected chi connectivity index (χ0v) is 22.1. The first kappa shape index (κ1) is 28.2. The molecule has 4 N–H and O–H groups in total. The Morgan fingerprint density at radius 3 is 2.54 bits per heavy atom. The van der Waals surface area contributed by atoms with E-state index in [1.54, 1.807) is 0 Å². The molecule has 0 spiro atoms. The molecule has 2 heterocycles. The van der Waals surface area contributed by atoms with Crippen molar-refractivity contribution in [2.75, 3.05) is 32.7 Å². The maximum Gasteiger partial charge on any atom is 0.330 e. The summed E-state index contributed by atoms with van der Waals surface area (Å²) in [6.07, 6.45) is 2.51. The molecular weight excluding hydrogens is 502 g/mol. The molecule has 39 heavy (non-hydrogen) atoms. The lowest BCUT2D eigenvalue weighted by molar-refractivity contribution is 0.168. The fraction of sp³-hybridized carbons (Fsp3) is 0.414. The van der Waals surface area contributed by atoms with Crippen molar-refractivity contribution in [1.82, 2.24) is 20.4 Å². The minimum absolute atomic E-state index is 0.000471. The van der Waals surface area contributed by atoms with Crippen molar-refractivity contribution in [3.8, 4) is 6.07 Å². The first-order chi connectivity index (χ1) is 18.8. The molecule has 0 saturated carbocycles. The Morgan fingerprint density at radius 2 is 1.92 bits per heavy atom. The van der Waals surface area contributed by atoms with Gasteiger partial charge in [-0.25, -0.2) is 23.3 Å². The van der Waals surface area contributed by atoms with Crippen molar-refractivity contribution in [3.63, 3.8) is 0 Å². The quantitative estimate of drug-likeness (QED) is 0.435. The smallest absolute Gasteiger partial charge is 0.330 e. The van der Waals surface area contributed by atoms with Crippen LogP contribution in [0.15, 0.2) is 59.8 Å². The number of hydrogen-bond donors (Lipinski definition) is 3. The minimum Gasteiger partial charge on any atom is -0.337 e. The minimum atomic E-state index is -1.08. The van der Waals surface area contributed by atoms with Crippen LogP contribution in [0, 0.1) is 23.0 Å². The summed E-state index contributed by atoms with van der Waals surface area (Å²) in [4.78, 5) is 29.3. The number of imide groups is 1. The zero-order chi connectivity index (χ0) is 28.0. The van der Waals surface area contributed by atoms with E-state index in [-0.39, 0.29) is 12.1 Å². The molecule has 2 aliphatic rings. The number of nitrogens with one attached hydrogen (secondary N) is 2. The third-order valence-electron chi connectivity index (χ3n) is 7.68. The fourth-order valence-corrected chi connectivity index (χ4v) is 5.48. The highest BCUT2D eigenvalue weighted by molar-refractivity contribution is 5.96. The summed E-state index contributed by atoms with van der Waals surface area (Å²) in [7, 11) is 0. The van der Waals surface area contributed by atoms with Gasteiger partial charge in [-0.15, -0.1) is 0 Å². The van der Waals surface area contributed by atoms with Crippen LogP contribution in [0.4, 0.5) is 18.4 Å².